The number of hydrogen-bond donors (Lipinski definition) is 3. The fraction of sp³-hybridized carbons (Fsp3) is 0.364. The third-order valence-electron chi connectivity index (χ3n) is 5.80. The maximum Gasteiger partial charge on any atom is 0.409 e. The molecule has 194 valence electrons. The van der Waals surface area contributed by atoms with E-state index in [1.165, 1.54) is 18.2 Å². The minimum atomic E-state index is -4.34. The van der Waals surface area contributed by atoms with E-state index in [9.17, 15) is 26.8 Å². The Kier molecular flexibility index (Phi) is 7.25. The first-order valence-corrected chi connectivity index (χ1v) is 12.6. The number of nitrogens with one attached hydrogen (secondary N) is 2. The quantitative estimate of drug-likeness (QED) is 0.507. The molecule has 0 spiro atoms. The van der Waals surface area contributed by atoms with E-state index in [0.29, 0.717) is 0 Å². The van der Waals surface area contributed by atoms with Crippen LogP contribution in [-0.4, -0.2) is 63.6 Å². The minimum absolute atomic E-state index is 0.00988. The van der Waals surface area contributed by atoms with Crippen LogP contribution in [0, 0.1) is 5.82 Å². The van der Waals surface area contributed by atoms with Crippen molar-refractivity contribution < 1.29 is 41.4 Å². The fourth-order valence-corrected chi connectivity index (χ4v) is 5.67. The van der Waals surface area contributed by atoms with E-state index in [-0.39, 0.29) is 61.2 Å². The SMILES string of the molecule is O=C(O)Nc1ccc2c(c1)N(S(=O)(=O)c1ccc(F)c(Cl)c1)CC(CNC(=O)C1(F)CCOCC1)O2. The number of anilines is 2. The average molecular weight is 546 g/mol. The summed E-state index contributed by atoms with van der Waals surface area (Å²) in [5.41, 5.74) is -2.01. The van der Waals surface area contributed by atoms with Crippen LogP contribution in [0.5, 0.6) is 5.75 Å². The van der Waals surface area contributed by atoms with Crippen molar-refractivity contribution in [3.05, 3.63) is 47.2 Å². The molecule has 14 heteroatoms. The summed E-state index contributed by atoms with van der Waals surface area (Å²) in [6.07, 6.45) is -2.48. The van der Waals surface area contributed by atoms with Crippen molar-refractivity contribution in [1.29, 1.82) is 0 Å². The van der Waals surface area contributed by atoms with E-state index in [1.54, 1.807) is 0 Å². The zero-order chi connectivity index (χ0) is 26.1. The Hall–Kier alpha value is -3.16. The van der Waals surface area contributed by atoms with Crippen molar-refractivity contribution in [2.45, 2.75) is 29.5 Å². The maximum absolute atomic E-state index is 14.9. The van der Waals surface area contributed by atoms with Gasteiger partial charge in [-0.15, -0.1) is 0 Å². The molecule has 3 N–H and O–H groups in total. The summed E-state index contributed by atoms with van der Waals surface area (Å²) in [5.74, 6) is -1.57. The Morgan fingerprint density at radius 2 is 1.92 bits per heavy atom. The summed E-state index contributed by atoms with van der Waals surface area (Å²) in [5, 5.41) is 13.2. The molecule has 1 atom stereocenters. The number of ether oxygens (including phenoxy) is 2. The van der Waals surface area contributed by atoms with Crippen LogP contribution in [0.2, 0.25) is 5.02 Å². The highest BCUT2D eigenvalue weighted by atomic mass is 35.5. The molecule has 0 aromatic heterocycles. The van der Waals surface area contributed by atoms with Crippen LogP contribution in [0.1, 0.15) is 12.8 Å². The third-order valence-corrected chi connectivity index (χ3v) is 7.87. The lowest BCUT2D eigenvalue weighted by atomic mass is 9.95. The Morgan fingerprint density at radius 3 is 2.58 bits per heavy atom. The smallest absolute Gasteiger partial charge is 0.409 e. The number of fused-ring (bicyclic) bond motifs is 1. The number of amides is 2. The molecule has 4 rings (SSSR count). The van der Waals surface area contributed by atoms with E-state index in [1.807, 2.05) is 0 Å². The Balaban J connectivity index is 1.63. The van der Waals surface area contributed by atoms with Crippen LogP contribution >= 0.6 is 11.6 Å². The molecule has 2 aliphatic rings. The fourth-order valence-electron chi connectivity index (χ4n) is 3.90. The van der Waals surface area contributed by atoms with Gasteiger partial charge in [0.15, 0.2) is 5.67 Å². The maximum atomic E-state index is 14.9. The number of nitrogens with zero attached hydrogens (tertiary/aromatic N) is 1. The summed E-state index contributed by atoms with van der Waals surface area (Å²) in [7, 11) is -4.34. The molecule has 0 saturated carbocycles. The van der Waals surface area contributed by atoms with Crippen molar-refractivity contribution in [2.75, 3.05) is 35.9 Å². The molecule has 0 bridgehead atoms. The number of carbonyl (C=O) groups excluding carboxylic acids is 1. The van der Waals surface area contributed by atoms with Gasteiger partial charge in [-0.2, -0.15) is 0 Å². The first kappa shape index (κ1) is 25.9. The van der Waals surface area contributed by atoms with Gasteiger partial charge < -0.3 is 19.9 Å². The normalized spacial score (nSPS) is 19.1. The topological polar surface area (TPSA) is 134 Å². The number of sulfonamides is 1. The largest absolute Gasteiger partial charge is 0.484 e. The molecule has 10 nitrogen and oxygen atoms in total. The standard InChI is InChI=1S/C22H22ClF2N3O7S/c23-16-10-15(2-3-17(16)24)36(32,33)28-12-14(11-26-20(29)22(25)5-7-34-8-6-22)35-19-4-1-13(9-18(19)28)27-21(30)31/h1-4,9-10,14,27H,5-8,11-12H2,(H,26,29)(H,30,31). The molecule has 1 saturated heterocycles. The summed E-state index contributed by atoms with van der Waals surface area (Å²) in [6.45, 7) is -0.313. The second-order valence-corrected chi connectivity index (χ2v) is 10.5. The van der Waals surface area contributed by atoms with Crippen molar-refractivity contribution in [2.24, 2.45) is 0 Å². The van der Waals surface area contributed by atoms with Gasteiger partial charge in [0.05, 0.1) is 41.9 Å². The van der Waals surface area contributed by atoms with Gasteiger partial charge in [0.25, 0.3) is 15.9 Å². The van der Waals surface area contributed by atoms with Gasteiger partial charge in [-0.25, -0.2) is 22.0 Å². The first-order chi connectivity index (χ1) is 17.0. The van der Waals surface area contributed by atoms with Crippen LogP contribution < -0.4 is 19.7 Å². The second kappa shape index (κ2) is 10.1. The minimum Gasteiger partial charge on any atom is -0.484 e. The van der Waals surface area contributed by atoms with Crippen LogP contribution in [0.4, 0.5) is 25.0 Å². The molecule has 0 radical (unpaired) electrons. The monoisotopic (exact) mass is 545 g/mol. The Labute approximate surface area is 210 Å². The average Bonchev–Trinajstić information content (AvgIpc) is 2.83. The number of benzene rings is 2. The molecule has 1 unspecified atom stereocenters. The second-order valence-electron chi connectivity index (χ2n) is 8.25. The molecule has 36 heavy (non-hydrogen) atoms. The van der Waals surface area contributed by atoms with E-state index in [0.717, 1.165) is 22.5 Å². The first-order valence-electron chi connectivity index (χ1n) is 10.8. The highest BCUT2D eigenvalue weighted by molar-refractivity contribution is 7.92. The summed E-state index contributed by atoms with van der Waals surface area (Å²) >= 11 is 5.79. The summed E-state index contributed by atoms with van der Waals surface area (Å²) in [6, 6.07) is 6.90. The number of alkyl halides is 1. The lowest BCUT2D eigenvalue weighted by Gasteiger charge is -2.36. The lowest BCUT2D eigenvalue weighted by Crippen LogP contribution is -2.52. The molecule has 2 aliphatic heterocycles. The molecular weight excluding hydrogens is 524 g/mol. The van der Waals surface area contributed by atoms with Gasteiger partial charge in [0.2, 0.25) is 0 Å². The van der Waals surface area contributed by atoms with E-state index in [2.05, 4.69) is 10.6 Å². The van der Waals surface area contributed by atoms with Crippen LogP contribution in [-0.2, 0) is 19.6 Å². The van der Waals surface area contributed by atoms with Crippen molar-refractivity contribution in [3.63, 3.8) is 0 Å². The van der Waals surface area contributed by atoms with Crippen molar-refractivity contribution >= 4 is 45.0 Å². The summed E-state index contributed by atoms with van der Waals surface area (Å²) in [4.78, 5) is 23.2. The van der Waals surface area contributed by atoms with Gasteiger partial charge in [-0.1, -0.05) is 11.6 Å². The van der Waals surface area contributed by atoms with Gasteiger partial charge in [0, 0.05) is 18.5 Å². The molecular formula is C22H22ClF2N3O7S. The molecule has 0 aliphatic carbocycles. The highest BCUT2D eigenvalue weighted by Gasteiger charge is 2.41. The molecule has 2 aromatic rings. The lowest BCUT2D eigenvalue weighted by molar-refractivity contribution is -0.139. The van der Waals surface area contributed by atoms with Gasteiger partial charge >= 0.3 is 6.09 Å². The number of halogens is 3. The number of carboxylic acid groups (broad SMARTS) is 1. The van der Waals surface area contributed by atoms with Gasteiger partial charge in [-0.3, -0.25) is 14.4 Å². The van der Waals surface area contributed by atoms with Crippen molar-refractivity contribution in [3.8, 4) is 5.75 Å². The Bertz CT molecular complexity index is 1290. The van der Waals surface area contributed by atoms with E-state index >= 15 is 0 Å². The van der Waals surface area contributed by atoms with Crippen LogP contribution in [0.15, 0.2) is 41.3 Å². The molecule has 1 fully saturated rings. The van der Waals surface area contributed by atoms with Crippen LogP contribution in [0.3, 0.4) is 0 Å². The molecule has 2 aromatic carbocycles. The molecule has 2 amide bonds. The van der Waals surface area contributed by atoms with E-state index < -0.39 is 44.6 Å². The van der Waals surface area contributed by atoms with Gasteiger partial charge in [0.1, 0.15) is 17.7 Å². The summed E-state index contributed by atoms with van der Waals surface area (Å²) < 4.78 is 67.5. The van der Waals surface area contributed by atoms with Gasteiger partial charge in [-0.05, 0) is 36.4 Å². The van der Waals surface area contributed by atoms with Crippen molar-refractivity contribution in [1.82, 2.24) is 5.32 Å². The predicted molar refractivity (Wildman–Crippen MR) is 125 cm³/mol. The highest BCUT2D eigenvalue weighted by Crippen LogP contribution is 2.39. The third kappa shape index (κ3) is 5.32. The number of rotatable bonds is 6. The zero-order valence-electron chi connectivity index (χ0n) is 18.7. The van der Waals surface area contributed by atoms with E-state index in [4.69, 9.17) is 26.2 Å². The van der Waals surface area contributed by atoms with Crippen LogP contribution in [0.25, 0.3) is 0 Å². The molecule has 2 heterocycles. The number of hydrogen-bond acceptors (Lipinski definition) is 6. The number of carbonyl (C=O) groups is 2. The Morgan fingerprint density at radius 1 is 1.19 bits per heavy atom. The predicted octanol–water partition coefficient (Wildman–Crippen LogP) is 3.16. The zero-order valence-corrected chi connectivity index (χ0v) is 20.2.